The second-order valence-corrected chi connectivity index (χ2v) is 6.62. The van der Waals surface area contributed by atoms with Gasteiger partial charge in [0.05, 0.1) is 17.1 Å². The average molecular weight is 394 g/mol. The minimum Gasteiger partial charge on any atom is -0.452 e. The van der Waals surface area contributed by atoms with Gasteiger partial charge in [0, 0.05) is 13.7 Å². The minimum atomic E-state index is -4.77. The lowest BCUT2D eigenvalue weighted by Gasteiger charge is -2.08. The monoisotopic (exact) mass is 394 g/mol. The molecule has 0 radical (unpaired) electrons. The Kier molecular flexibility index (Phi) is 8.06. The highest BCUT2D eigenvalue weighted by Gasteiger charge is 2.26. The van der Waals surface area contributed by atoms with Crippen LogP contribution in [0.1, 0.15) is 10.4 Å². The van der Waals surface area contributed by atoms with Crippen molar-refractivity contribution in [2.24, 2.45) is 0 Å². The molecule has 0 fully saturated rings. The molecule has 0 aliphatic carbocycles. The van der Waals surface area contributed by atoms with Gasteiger partial charge in [-0.2, -0.15) is 8.78 Å². The number of rotatable bonds is 8. The number of hydrogen-bond acceptors (Lipinski definition) is 7. The number of carbonyl (C=O) groups excluding carboxylic acids is 3. The molecule has 0 bridgehead atoms. The van der Waals surface area contributed by atoms with E-state index in [0.29, 0.717) is 0 Å². The summed E-state index contributed by atoms with van der Waals surface area (Å²) in [5.41, 5.74) is -0.157. The predicted molar refractivity (Wildman–Crippen MR) is 83.3 cm³/mol. The first-order valence-corrected chi connectivity index (χ1v) is 8.59. The fourth-order valence-electron chi connectivity index (χ4n) is 1.57. The second-order valence-electron chi connectivity index (χ2n) is 4.70. The van der Waals surface area contributed by atoms with Crippen molar-refractivity contribution in [1.29, 1.82) is 0 Å². The van der Waals surface area contributed by atoms with Gasteiger partial charge in [0.2, 0.25) is 9.84 Å². The van der Waals surface area contributed by atoms with Gasteiger partial charge in [-0.1, -0.05) is 0 Å². The topological polar surface area (TPSA) is 128 Å². The lowest BCUT2D eigenvalue weighted by molar-refractivity contribution is -0.123. The third kappa shape index (κ3) is 6.37. The number of sulfone groups is 1. The van der Waals surface area contributed by atoms with Crippen LogP contribution in [-0.2, 0) is 24.1 Å². The SMILES string of the molecule is COCCNC(=O)NC(=O)COC(=O)c1ccc(S(=O)(=O)C(F)F)cc1. The fourth-order valence-corrected chi connectivity index (χ4v) is 2.29. The molecule has 12 heteroatoms. The van der Waals surface area contributed by atoms with E-state index in [4.69, 9.17) is 4.74 Å². The first-order chi connectivity index (χ1) is 12.2. The third-order valence-corrected chi connectivity index (χ3v) is 4.23. The van der Waals surface area contributed by atoms with E-state index in [-0.39, 0.29) is 18.7 Å². The molecule has 0 aliphatic heterocycles. The molecule has 1 rings (SSSR count). The van der Waals surface area contributed by atoms with Gasteiger partial charge in [0.15, 0.2) is 6.61 Å². The molecule has 144 valence electrons. The summed E-state index contributed by atoms with van der Waals surface area (Å²) in [6.45, 7) is -0.356. The number of alkyl halides is 2. The van der Waals surface area contributed by atoms with Gasteiger partial charge in [0.25, 0.3) is 5.91 Å². The summed E-state index contributed by atoms with van der Waals surface area (Å²) < 4.78 is 56.7. The Morgan fingerprint density at radius 1 is 1.15 bits per heavy atom. The first kappa shape index (κ1) is 21.4. The average Bonchev–Trinajstić information content (AvgIpc) is 2.59. The molecule has 26 heavy (non-hydrogen) atoms. The number of imide groups is 1. The van der Waals surface area contributed by atoms with Crippen LogP contribution in [-0.4, -0.2) is 59.0 Å². The Bertz CT molecular complexity index is 751. The van der Waals surface area contributed by atoms with E-state index < -0.39 is 45.0 Å². The van der Waals surface area contributed by atoms with Gasteiger partial charge in [0.1, 0.15) is 0 Å². The molecule has 0 aliphatic rings. The maximum atomic E-state index is 12.4. The summed E-state index contributed by atoms with van der Waals surface area (Å²) in [5, 5.41) is 4.21. The van der Waals surface area contributed by atoms with E-state index in [2.05, 4.69) is 10.1 Å². The lowest BCUT2D eigenvalue weighted by atomic mass is 10.2. The maximum Gasteiger partial charge on any atom is 0.341 e. The van der Waals surface area contributed by atoms with Gasteiger partial charge in [-0.25, -0.2) is 18.0 Å². The number of nitrogens with one attached hydrogen (secondary N) is 2. The molecular weight excluding hydrogens is 378 g/mol. The third-order valence-electron chi connectivity index (χ3n) is 2.83. The lowest BCUT2D eigenvalue weighted by Crippen LogP contribution is -2.42. The van der Waals surface area contributed by atoms with Crippen LogP contribution in [0.3, 0.4) is 0 Å². The van der Waals surface area contributed by atoms with Crippen molar-refractivity contribution >= 4 is 27.7 Å². The summed E-state index contributed by atoms with van der Waals surface area (Å²) in [7, 11) is -3.34. The molecule has 1 aromatic rings. The quantitative estimate of drug-likeness (QED) is 0.480. The predicted octanol–water partition coefficient (Wildman–Crippen LogP) is 0.312. The highest BCUT2D eigenvalue weighted by atomic mass is 32.2. The fraction of sp³-hybridized carbons (Fsp3) is 0.357. The highest BCUT2D eigenvalue weighted by Crippen LogP contribution is 2.18. The van der Waals surface area contributed by atoms with Crippen molar-refractivity contribution in [3.8, 4) is 0 Å². The van der Waals surface area contributed by atoms with Crippen LogP contribution < -0.4 is 10.6 Å². The summed E-state index contributed by atoms with van der Waals surface area (Å²) >= 11 is 0. The highest BCUT2D eigenvalue weighted by molar-refractivity contribution is 7.91. The first-order valence-electron chi connectivity index (χ1n) is 7.04. The van der Waals surface area contributed by atoms with Crippen molar-refractivity contribution in [3.05, 3.63) is 29.8 Å². The molecule has 0 saturated heterocycles. The van der Waals surface area contributed by atoms with Gasteiger partial charge < -0.3 is 14.8 Å². The number of methoxy groups -OCH3 is 1. The molecule has 0 saturated carbocycles. The summed E-state index contributed by atoms with van der Waals surface area (Å²) in [4.78, 5) is 33.8. The number of hydrogen-bond donors (Lipinski definition) is 2. The minimum absolute atomic E-state index is 0.157. The Hall–Kier alpha value is -2.60. The number of ether oxygens (including phenoxy) is 2. The molecular formula is C14H16F2N2O7S. The molecule has 0 spiro atoms. The van der Waals surface area contributed by atoms with Gasteiger partial charge in [-0.05, 0) is 24.3 Å². The second kappa shape index (κ2) is 9.77. The number of carbonyl (C=O) groups is 3. The molecule has 2 N–H and O–H groups in total. The molecule has 9 nitrogen and oxygen atoms in total. The number of halogens is 2. The largest absolute Gasteiger partial charge is 0.452 e. The van der Waals surface area contributed by atoms with Crippen LogP contribution in [0.25, 0.3) is 0 Å². The number of esters is 1. The summed E-state index contributed by atoms with van der Waals surface area (Å²) in [5.74, 6) is -5.48. The zero-order chi connectivity index (χ0) is 19.7. The van der Waals surface area contributed by atoms with E-state index in [1.165, 1.54) is 7.11 Å². The van der Waals surface area contributed by atoms with Crippen LogP contribution >= 0.6 is 0 Å². The Morgan fingerprint density at radius 3 is 2.31 bits per heavy atom. The van der Waals surface area contributed by atoms with Crippen molar-refractivity contribution in [3.63, 3.8) is 0 Å². The zero-order valence-electron chi connectivity index (χ0n) is 13.5. The molecule has 3 amide bonds. The van der Waals surface area contributed by atoms with Crippen molar-refractivity contribution in [1.82, 2.24) is 10.6 Å². The summed E-state index contributed by atoms with van der Waals surface area (Å²) in [6, 6.07) is 2.77. The molecule has 0 unspecified atom stereocenters. The standard InChI is InChI=1S/C14H16F2N2O7S/c1-24-7-6-17-14(21)18-11(19)8-25-12(20)9-2-4-10(5-3-9)26(22,23)13(15)16/h2-5,13H,6-8H2,1H3,(H2,17,18,19,21). The zero-order valence-corrected chi connectivity index (χ0v) is 14.3. The number of urea groups is 1. The molecule has 1 aromatic carbocycles. The maximum absolute atomic E-state index is 12.4. The van der Waals surface area contributed by atoms with E-state index in [1.807, 2.05) is 5.32 Å². The van der Waals surface area contributed by atoms with Gasteiger partial charge in [-0.3, -0.25) is 10.1 Å². The van der Waals surface area contributed by atoms with Crippen molar-refractivity contribution in [2.45, 2.75) is 10.7 Å². The van der Waals surface area contributed by atoms with Crippen LogP contribution in [0.15, 0.2) is 29.2 Å². The molecule has 0 aromatic heterocycles. The van der Waals surface area contributed by atoms with Gasteiger partial charge >= 0.3 is 17.8 Å². The number of amides is 3. The Labute approximate surface area is 147 Å². The van der Waals surface area contributed by atoms with E-state index in [1.54, 1.807) is 0 Å². The Morgan fingerprint density at radius 2 is 1.77 bits per heavy atom. The van der Waals surface area contributed by atoms with Crippen molar-refractivity contribution in [2.75, 3.05) is 26.9 Å². The smallest absolute Gasteiger partial charge is 0.341 e. The van der Waals surface area contributed by atoms with Gasteiger partial charge in [-0.15, -0.1) is 0 Å². The molecule has 0 atom stereocenters. The molecule has 0 heterocycles. The van der Waals surface area contributed by atoms with Crippen LogP contribution in [0.2, 0.25) is 0 Å². The number of benzene rings is 1. The van der Waals surface area contributed by atoms with Crippen molar-refractivity contribution < 1.29 is 41.1 Å². The van der Waals surface area contributed by atoms with Crippen LogP contribution in [0.5, 0.6) is 0 Å². The van der Waals surface area contributed by atoms with E-state index in [9.17, 15) is 31.6 Å². The Balaban J connectivity index is 2.53. The normalized spacial score (nSPS) is 11.1. The van der Waals surface area contributed by atoms with E-state index in [0.717, 1.165) is 24.3 Å². The van der Waals surface area contributed by atoms with Crippen LogP contribution in [0.4, 0.5) is 13.6 Å². The van der Waals surface area contributed by atoms with E-state index >= 15 is 0 Å². The van der Waals surface area contributed by atoms with Crippen LogP contribution in [0, 0.1) is 0 Å². The summed E-state index contributed by atoms with van der Waals surface area (Å²) in [6.07, 6.45) is 0.